The highest BCUT2D eigenvalue weighted by molar-refractivity contribution is 9.11. The summed E-state index contributed by atoms with van der Waals surface area (Å²) in [6, 6.07) is 6.87. The van der Waals surface area contributed by atoms with E-state index in [1.807, 2.05) is 6.07 Å². The van der Waals surface area contributed by atoms with E-state index in [0.29, 0.717) is 27.8 Å². The quantitative estimate of drug-likeness (QED) is 0.824. The van der Waals surface area contributed by atoms with Gasteiger partial charge in [0.15, 0.2) is 11.5 Å². The van der Waals surface area contributed by atoms with Crippen molar-refractivity contribution in [3.05, 3.63) is 32.9 Å². The molecule has 0 saturated heterocycles. The van der Waals surface area contributed by atoms with Gasteiger partial charge in [0.2, 0.25) is 6.79 Å². The Bertz CT molecular complexity index is 656. The van der Waals surface area contributed by atoms with Gasteiger partial charge in [-0.05, 0) is 28.1 Å². The van der Waals surface area contributed by atoms with E-state index >= 15 is 0 Å². The third-order valence-electron chi connectivity index (χ3n) is 2.59. The Labute approximate surface area is 121 Å². The molecule has 0 radical (unpaired) electrons. The minimum atomic E-state index is -0.207. The molecule has 19 heavy (non-hydrogen) atoms. The molecule has 1 aliphatic heterocycles. The Morgan fingerprint density at radius 1 is 1.32 bits per heavy atom. The van der Waals surface area contributed by atoms with Crippen molar-refractivity contribution in [2.24, 2.45) is 0 Å². The molecule has 0 saturated carbocycles. The minimum Gasteiger partial charge on any atom is -0.454 e. The van der Waals surface area contributed by atoms with Crippen LogP contribution in [0.1, 0.15) is 9.67 Å². The number of hydrogen-bond acceptors (Lipinski definition) is 5. The Kier molecular flexibility index (Phi) is 3.08. The molecule has 5 nitrogen and oxygen atoms in total. The summed E-state index contributed by atoms with van der Waals surface area (Å²) in [5.41, 5.74) is 6.82. The van der Waals surface area contributed by atoms with E-state index in [0.717, 1.165) is 3.79 Å². The van der Waals surface area contributed by atoms with Crippen molar-refractivity contribution < 1.29 is 14.3 Å². The number of fused-ring (bicyclic) bond motifs is 1. The number of nitrogens with one attached hydrogen (secondary N) is 1. The fourth-order valence-corrected chi connectivity index (χ4v) is 2.97. The summed E-state index contributed by atoms with van der Waals surface area (Å²) in [5.74, 6) is 0.965. The Balaban J connectivity index is 1.85. The largest absolute Gasteiger partial charge is 0.454 e. The lowest BCUT2D eigenvalue weighted by atomic mass is 10.2. The van der Waals surface area contributed by atoms with Crippen LogP contribution in [0.25, 0.3) is 0 Å². The predicted molar refractivity (Wildman–Crippen MR) is 76.9 cm³/mol. The second-order valence-corrected chi connectivity index (χ2v) is 6.31. The first-order valence-corrected chi connectivity index (χ1v) is 7.00. The average Bonchev–Trinajstić information content (AvgIpc) is 2.98. The zero-order valence-corrected chi connectivity index (χ0v) is 12.0. The normalized spacial score (nSPS) is 12.5. The topological polar surface area (TPSA) is 73.6 Å². The van der Waals surface area contributed by atoms with Crippen molar-refractivity contribution in [3.8, 4) is 11.5 Å². The van der Waals surface area contributed by atoms with E-state index < -0.39 is 0 Å². The predicted octanol–water partition coefficient (Wildman–Crippen LogP) is 3.07. The first kappa shape index (κ1) is 12.3. The Morgan fingerprint density at radius 3 is 2.74 bits per heavy atom. The number of thiophene rings is 1. The summed E-state index contributed by atoms with van der Waals surface area (Å²) in [7, 11) is 0. The van der Waals surface area contributed by atoms with Crippen LogP contribution >= 0.6 is 27.3 Å². The number of carbonyl (C=O) groups excluding carboxylic acids is 1. The number of benzene rings is 1. The lowest BCUT2D eigenvalue weighted by molar-refractivity contribution is 0.103. The molecule has 0 spiro atoms. The van der Waals surface area contributed by atoms with E-state index in [4.69, 9.17) is 15.2 Å². The Hall–Kier alpha value is -1.73. The molecule has 0 atom stereocenters. The number of nitrogens with two attached hydrogens (primary N) is 1. The number of amides is 1. The lowest BCUT2D eigenvalue weighted by Gasteiger charge is -2.08. The molecule has 1 aromatic heterocycles. The number of halogens is 1. The average molecular weight is 341 g/mol. The zero-order valence-electron chi connectivity index (χ0n) is 9.60. The van der Waals surface area contributed by atoms with E-state index in [9.17, 15) is 4.79 Å². The maximum Gasteiger partial charge on any atom is 0.265 e. The van der Waals surface area contributed by atoms with Crippen molar-refractivity contribution in [1.82, 2.24) is 0 Å². The summed E-state index contributed by atoms with van der Waals surface area (Å²) in [6.07, 6.45) is 0. The summed E-state index contributed by atoms with van der Waals surface area (Å²) in [6.45, 7) is 0.171. The van der Waals surface area contributed by atoms with Gasteiger partial charge in [-0.1, -0.05) is 0 Å². The molecule has 2 heterocycles. The van der Waals surface area contributed by atoms with E-state index in [1.165, 1.54) is 11.3 Å². The molecule has 1 aliphatic rings. The van der Waals surface area contributed by atoms with Gasteiger partial charge in [-0.3, -0.25) is 4.79 Å². The van der Waals surface area contributed by atoms with Crippen LogP contribution in [0, 0.1) is 0 Å². The van der Waals surface area contributed by atoms with Crippen molar-refractivity contribution in [3.63, 3.8) is 0 Å². The highest BCUT2D eigenvalue weighted by Gasteiger charge is 2.18. The molecular formula is C12H9BrN2O3S. The number of nitrogen functional groups attached to an aromatic ring is 1. The fourth-order valence-electron chi connectivity index (χ4n) is 1.69. The number of anilines is 2. The van der Waals surface area contributed by atoms with E-state index in [-0.39, 0.29) is 12.7 Å². The molecule has 1 amide bonds. The van der Waals surface area contributed by atoms with Gasteiger partial charge < -0.3 is 20.5 Å². The number of rotatable bonds is 2. The van der Waals surface area contributed by atoms with Gasteiger partial charge in [0.1, 0.15) is 0 Å². The number of hydrogen-bond donors (Lipinski definition) is 2. The maximum absolute atomic E-state index is 12.0. The smallest absolute Gasteiger partial charge is 0.265 e. The van der Waals surface area contributed by atoms with Gasteiger partial charge in [-0.25, -0.2) is 0 Å². The van der Waals surface area contributed by atoms with Crippen LogP contribution in [-0.4, -0.2) is 12.7 Å². The van der Waals surface area contributed by atoms with Crippen LogP contribution in [0.3, 0.4) is 0 Å². The third-order valence-corrected chi connectivity index (χ3v) is 4.21. The first-order chi connectivity index (χ1) is 9.13. The van der Waals surface area contributed by atoms with Crippen LogP contribution in [0.2, 0.25) is 0 Å². The molecule has 2 aromatic rings. The van der Waals surface area contributed by atoms with Crippen molar-refractivity contribution >= 4 is 44.5 Å². The van der Waals surface area contributed by atoms with Gasteiger partial charge in [0, 0.05) is 12.1 Å². The molecule has 1 aromatic carbocycles. The summed E-state index contributed by atoms with van der Waals surface area (Å²) in [4.78, 5) is 12.6. The molecule has 7 heteroatoms. The van der Waals surface area contributed by atoms with E-state index in [2.05, 4.69) is 21.2 Å². The molecule has 0 fully saturated rings. The molecule has 0 aliphatic carbocycles. The Morgan fingerprint density at radius 2 is 2.05 bits per heavy atom. The lowest BCUT2D eigenvalue weighted by Crippen LogP contribution is -2.11. The SMILES string of the molecule is Nc1cc2c(cc1NC(=O)c1ccc(Br)s1)OCO2. The van der Waals surface area contributed by atoms with E-state index in [1.54, 1.807) is 18.2 Å². The molecular weight excluding hydrogens is 332 g/mol. The summed E-state index contributed by atoms with van der Waals surface area (Å²) >= 11 is 4.67. The maximum atomic E-state index is 12.0. The van der Waals surface area contributed by atoms with Crippen LogP contribution in [0.15, 0.2) is 28.1 Å². The van der Waals surface area contributed by atoms with Gasteiger partial charge in [-0.15, -0.1) is 11.3 Å². The molecule has 3 N–H and O–H groups in total. The first-order valence-electron chi connectivity index (χ1n) is 5.39. The van der Waals surface area contributed by atoms with Gasteiger partial charge in [0.25, 0.3) is 5.91 Å². The standard InChI is InChI=1S/C12H9BrN2O3S/c13-11-2-1-10(19-11)12(16)15-7-4-9-8(3-6(7)14)17-5-18-9/h1-4H,5,14H2,(H,15,16). The van der Waals surface area contributed by atoms with Gasteiger partial charge >= 0.3 is 0 Å². The molecule has 98 valence electrons. The van der Waals surface area contributed by atoms with Crippen LogP contribution in [0.5, 0.6) is 11.5 Å². The minimum absolute atomic E-state index is 0.171. The van der Waals surface area contributed by atoms with Crippen molar-refractivity contribution in [1.29, 1.82) is 0 Å². The molecule has 0 unspecified atom stereocenters. The molecule has 0 bridgehead atoms. The highest BCUT2D eigenvalue weighted by Crippen LogP contribution is 2.38. The fraction of sp³-hybridized carbons (Fsp3) is 0.0833. The number of carbonyl (C=O) groups is 1. The second-order valence-electron chi connectivity index (χ2n) is 3.85. The summed E-state index contributed by atoms with van der Waals surface area (Å²) in [5, 5.41) is 2.76. The molecule has 3 rings (SSSR count). The van der Waals surface area contributed by atoms with Crippen LogP contribution in [-0.2, 0) is 0 Å². The van der Waals surface area contributed by atoms with Gasteiger partial charge in [-0.2, -0.15) is 0 Å². The highest BCUT2D eigenvalue weighted by atomic mass is 79.9. The van der Waals surface area contributed by atoms with Gasteiger partial charge in [0.05, 0.1) is 20.0 Å². The monoisotopic (exact) mass is 340 g/mol. The zero-order chi connectivity index (χ0) is 13.4. The van der Waals surface area contributed by atoms with Crippen LogP contribution in [0.4, 0.5) is 11.4 Å². The van der Waals surface area contributed by atoms with Crippen molar-refractivity contribution in [2.75, 3.05) is 17.8 Å². The second kappa shape index (κ2) is 4.75. The van der Waals surface area contributed by atoms with Crippen LogP contribution < -0.4 is 20.5 Å². The third kappa shape index (κ3) is 2.39. The number of ether oxygens (including phenoxy) is 2. The van der Waals surface area contributed by atoms with Crippen molar-refractivity contribution in [2.45, 2.75) is 0 Å². The summed E-state index contributed by atoms with van der Waals surface area (Å²) < 4.78 is 11.4.